The molecular weight excluding hydrogens is 212 g/mol. The molecule has 2 heteroatoms. The van der Waals surface area contributed by atoms with Crippen LogP contribution in [0.5, 0.6) is 0 Å². The Hall–Kier alpha value is -2.09. The van der Waals surface area contributed by atoms with Gasteiger partial charge in [0.2, 0.25) is 0 Å². The average Bonchev–Trinajstić information content (AvgIpc) is 2.90. The molecular formula is C15H14O2. The summed E-state index contributed by atoms with van der Waals surface area (Å²) in [6, 6.07) is 9.61. The first-order chi connectivity index (χ1) is 8.27. The number of benzene rings is 1. The molecule has 0 saturated heterocycles. The fourth-order valence-electron chi connectivity index (χ4n) is 1.62. The van der Waals surface area contributed by atoms with Crippen LogP contribution in [0.4, 0.5) is 0 Å². The van der Waals surface area contributed by atoms with Crippen LogP contribution < -0.4 is 0 Å². The summed E-state index contributed by atoms with van der Waals surface area (Å²) in [5.41, 5.74) is 1.46. The van der Waals surface area contributed by atoms with Crippen LogP contribution in [0.25, 0.3) is 0 Å². The summed E-state index contributed by atoms with van der Waals surface area (Å²) in [6.45, 7) is 4.06. The van der Waals surface area contributed by atoms with Crippen molar-refractivity contribution in [2.24, 2.45) is 5.92 Å². The largest absolute Gasteiger partial charge is 0.457 e. The molecule has 0 amide bonds. The van der Waals surface area contributed by atoms with Gasteiger partial charge in [-0.3, -0.25) is 0 Å². The average molecular weight is 226 g/mol. The lowest BCUT2D eigenvalue weighted by Crippen LogP contribution is -2.11. The zero-order valence-electron chi connectivity index (χ0n) is 9.50. The van der Waals surface area contributed by atoms with Crippen molar-refractivity contribution in [2.45, 2.75) is 6.61 Å². The fraction of sp³-hybridized carbons (Fsp3) is 0.133. The topological polar surface area (TPSA) is 26.3 Å². The van der Waals surface area contributed by atoms with Crippen molar-refractivity contribution in [3.05, 3.63) is 72.4 Å². The van der Waals surface area contributed by atoms with E-state index in [1.54, 1.807) is 0 Å². The van der Waals surface area contributed by atoms with Crippen molar-refractivity contribution >= 4 is 5.97 Å². The van der Waals surface area contributed by atoms with Crippen LogP contribution in [0.3, 0.4) is 0 Å². The number of rotatable bonds is 4. The Morgan fingerprint density at radius 2 is 1.82 bits per heavy atom. The van der Waals surface area contributed by atoms with Gasteiger partial charge in [-0.1, -0.05) is 61.2 Å². The van der Waals surface area contributed by atoms with Crippen LogP contribution >= 0.6 is 0 Å². The van der Waals surface area contributed by atoms with Crippen molar-refractivity contribution in [1.29, 1.82) is 0 Å². The zero-order valence-corrected chi connectivity index (χ0v) is 9.50. The molecule has 0 N–H and O–H groups in total. The third-order valence-corrected chi connectivity index (χ3v) is 2.63. The lowest BCUT2D eigenvalue weighted by Gasteiger charge is -2.09. The van der Waals surface area contributed by atoms with Gasteiger partial charge in [0, 0.05) is 11.5 Å². The predicted octanol–water partition coefficient (Wildman–Crippen LogP) is 3.03. The number of allylic oxidation sites excluding steroid dienone is 4. The summed E-state index contributed by atoms with van der Waals surface area (Å²) in [7, 11) is 0. The Balaban J connectivity index is 1.87. The molecule has 0 radical (unpaired) electrons. The van der Waals surface area contributed by atoms with E-state index in [0.717, 1.165) is 5.56 Å². The molecule has 0 spiro atoms. The number of hydrogen-bond acceptors (Lipinski definition) is 2. The van der Waals surface area contributed by atoms with Gasteiger partial charge in [0.1, 0.15) is 6.61 Å². The van der Waals surface area contributed by atoms with Gasteiger partial charge >= 0.3 is 5.97 Å². The monoisotopic (exact) mass is 226 g/mol. The first-order valence-corrected chi connectivity index (χ1v) is 5.52. The molecule has 1 aromatic rings. The molecule has 0 bridgehead atoms. The zero-order chi connectivity index (χ0) is 12.1. The molecule has 86 valence electrons. The quantitative estimate of drug-likeness (QED) is 0.582. The number of carbonyl (C=O) groups excluding carboxylic acids is 1. The summed E-state index contributed by atoms with van der Waals surface area (Å²) < 4.78 is 5.20. The molecule has 0 unspecified atom stereocenters. The number of esters is 1. The van der Waals surface area contributed by atoms with Crippen LogP contribution in [0, 0.1) is 5.92 Å². The molecule has 2 rings (SSSR count). The molecule has 0 heterocycles. The molecule has 1 aromatic carbocycles. The molecule has 0 aliphatic heterocycles. The maximum absolute atomic E-state index is 11.7. The van der Waals surface area contributed by atoms with Crippen molar-refractivity contribution in [1.82, 2.24) is 0 Å². The minimum Gasteiger partial charge on any atom is -0.457 e. The van der Waals surface area contributed by atoms with E-state index in [1.807, 2.05) is 54.6 Å². The summed E-state index contributed by atoms with van der Waals surface area (Å²) in [5.74, 6) is -0.353. The maximum atomic E-state index is 11.7. The van der Waals surface area contributed by atoms with Crippen LogP contribution in [0.1, 0.15) is 5.56 Å². The number of hydrogen-bond donors (Lipinski definition) is 0. The molecule has 0 atom stereocenters. The first-order valence-electron chi connectivity index (χ1n) is 5.52. The van der Waals surface area contributed by atoms with E-state index in [4.69, 9.17) is 4.74 Å². The van der Waals surface area contributed by atoms with Gasteiger partial charge in [0.25, 0.3) is 0 Å². The summed E-state index contributed by atoms with van der Waals surface area (Å²) in [4.78, 5) is 11.7. The minimum absolute atomic E-state index is 0.0155. The van der Waals surface area contributed by atoms with Crippen molar-refractivity contribution < 1.29 is 9.53 Å². The van der Waals surface area contributed by atoms with E-state index in [9.17, 15) is 4.79 Å². The van der Waals surface area contributed by atoms with Gasteiger partial charge in [0.15, 0.2) is 0 Å². The van der Waals surface area contributed by atoms with E-state index in [2.05, 4.69) is 6.58 Å². The molecule has 2 nitrogen and oxygen atoms in total. The summed E-state index contributed by atoms with van der Waals surface area (Å²) >= 11 is 0. The minimum atomic E-state index is -0.338. The van der Waals surface area contributed by atoms with Gasteiger partial charge in [-0.25, -0.2) is 4.79 Å². The number of ether oxygens (including phenoxy) is 1. The second-order valence-electron chi connectivity index (χ2n) is 3.88. The Morgan fingerprint density at radius 1 is 1.18 bits per heavy atom. The van der Waals surface area contributed by atoms with Gasteiger partial charge in [-0.15, -0.1) is 0 Å². The van der Waals surface area contributed by atoms with E-state index < -0.39 is 0 Å². The Bertz CT molecular complexity index is 457. The highest BCUT2D eigenvalue weighted by atomic mass is 16.5. The van der Waals surface area contributed by atoms with Gasteiger partial charge < -0.3 is 4.74 Å². The highest BCUT2D eigenvalue weighted by molar-refractivity contribution is 5.89. The predicted molar refractivity (Wildman–Crippen MR) is 67.1 cm³/mol. The Labute approximate surface area is 101 Å². The second-order valence-corrected chi connectivity index (χ2v) is 3.88. The van der Waals surface area contributed by atoms with Crippen molar-refractivity contribution in [3.63, 3.8) is 0 Å². The standard InChI is InChI=1S/C15H14O2/c1-12(14-9-5-6-10-14)15(16)17-11-13-7-3-2-4-8-13/h2-10,14H,1,11H2. The Morgan fingerprint density at radius 3 is 2.47 bits per heavy atom. The van der Waals surface area contributed by atoms with E-state index >= 15 is 0 Å². The molecule has 17 heavy (non-hydrogen) atoms. The van der Waals surface area contributed by atoms with Crippen LogP contribution in [0.15, 0.2) is 66.8 Å². The number of carbonyl (C=O) groups is 1. The third-order valence-electron chi connectivity index (χ3n) is 2.63. The van der Waals surface area contributed by atoms with Crippen molar-refractivity contribution in [2.75, 3.05) is 0 Å². The van der Waals surface area contributed by atoms with Crippen LogP contribution in [-0.4, -0.2) is 5.97 Å². The fourth-order valence-corrected chi connectivity index (χ4v) is 1.62. The van der Waals surface area contributed by atoms with Gasteiger partial charge in [0.05, 0.1) is 0 Å². The molecule has 0 aromatic heterocycles. The lowest BCUT2D eigenvalue weighted by molar-refractivity contribution is -0.140. The van der Waals surface area contributed by atoms with Crippen LogP contribution in [-0.2, 0) is 16.1 Å². The van der Waals surface area contributed by atoms with E-state index in [-0.39, 0.29) is 11.9 Å². The van der Waals surface area contributed by atoms with Crippen molar-refractivity contribution in [3.8, 4) is 0 Å². The van der Waals surface area contributed by atoms with E-state index in [0.29, 0.717) is 12.2 Å². The maximum Gasteiger partial charge on any atom is 0.334 e. The highest BCUT2D eigenvalue weighted by Crippen LogP contribution is 2.19. The smallest absolute Gasteiger partial charge is 0.334 e. The molecule has 1 aliphatic rings. The summed E-state index contributed by atoms with van der Waals surface area (Å²) in [6.07, 6.45) is 7.65. The molecule has 0 fully saturated rings. The van der Waals surface area contributed by atoms with E-state index in [1.165, 1.54) is 0 Å². The molecule has 1 aliphatic carbocycles. The van der Waals surface area contributed by atoms with Gasteiger partial charge in [-0.05, 0) is 5.56 Å². The molecule has 0 saturated carbocycles. The lowest BCUT2D eigenvalue weighted by atomic mass is 10.0. The summed E-state index contributed by atoms with van der Waals surface area (Å²) in [5, 5.41) is 0. The Kier molecular flexibility index (Phi) is 3.55. The second kappa shape index (κ2) is 5.30. The third kappa shape index (κ3) is 2.94. The normalized spacial score (nSPS) is 13.9. The SMILES string of the molecule is C=C(C(=O)OCc1ccccc1)C1C=CC=C1. The van der Waals surface area contributed by atoms with Crippen LogP contribution in [0.2, 0.25) is 0 Å². The van der Waals surface area contributed by atoms with Gasteiger partial charge in [-0.2, -0.15) is 0 Å². The highest BCUT2D eigenvalue weighted by Gasteiger charge is 2.16. The first kappa shape index (κ1) is 11.4.